The minimum Gasteiger partial charge on any atom is -0.310 e. The third kappa shape index (κ3) is 4.32. The fourth-order valence-corrected chi connectivity index (χ4v) is 6.92. The first-order valence-corrected chi connectivity index (χ1v) is 14.9. The van der Waals surface area contributed by atoms with Crippen LogP contribution in [-0.2, 0) is 0 Å². The Kier molecular flexibility index (Phi) is 6.02. The van der Waals surface area contributed by atoms with Crippen LogP contribution in [0.2, 0.25) is 0 Å². The van der Waals surface area contributed by atoms with Crippen LogP contribution in [-0.4, -0.2) is 4.98 Å². The first-order chi connectivity index (χ1) is 20.8. The molecule has 3 heteroatoms. The van der Waals surface area contributed by atoms with E-state index >= 15 is 0 Å². The van der Waals surface area contributed by atoms with Crippen LogP contribution >= 0.6 is 11.3 Å². The van der Waals surface area contributed by atoms with Crippen LogP contribution in [0.3, 0.4) is 0 Å². The Hall–Kier alpha value is -5.25. The van der Waals surface area contributed by atoms with Gasteiger partial charge in [0.05, 0.1) is 10.2 Å². The van der Waals surface area contributed by atoms with Crippen molar-refractivity contribution >= 4 is 59.5 Å². The summed E-state index contributed by atoms with van der Waals surface area (Å²) < 4.78 is 2.46. The third-order valence-electron chi connectivity index (χ3n) is 7.93. The maximum atomic E-state index is 4.72. The number of nitrogens with zero attached hydrogens (tertiary/aromatic N) is 2. The van der Waals surface area contributed by atoms with Crippen LogP contribution in [0.1, 0.15) is 0 Å². The van der Waals surface area contributed by atoms with Gasteiger partial charge in [-0.15, -0.1) is 11.3 Å². The summed E-state index contributed by atoms with van der Waals surface area (Å²) in [5.41, 5.74) is 9.26. The lowest BCUT2D eigenvalue weighted by molar-refractivity contribution is 1.29. The predicted octanol–water partition coefficient (Wildman–Crippen LogP) is 11.4. The molecule has 0 aliphatic heterocycles. The molecule has 2 heterocycles. The van der Waals surface area contributed by atoms with E-state index in [-0.39, 0.29) is 0 Å². The van der Waals surface area contributed by atoms with Crippen molar-refractivity contribution in [3.8, 4) is 22.3 Å². The second-order valence-corrected chi connectivity index (χ2v) is 11.5. The second-order valence-electron chi connectivity index (χ2n) is 10.5. The van der Waals surface area contributed by atoms with Crippen LogP contribution in [0.25, 0.3) is 53.3 Å². The summed E-state index contributed by atoms with van der Waals surface area (Å²) in [7, 11) is 0. The molecule has 0 spiro atoms. The molecule has 2 nitrogen and oxygen atoms in total. The molecule has 198 valence electrons. The van der Waals surface area contributed by atoms with Crippen molar-refractivity contribution < 1.29 is 0 Å². The maximum Gasteiger partial charge on any atom is 0.0889 e. The van der Waals surface area contributed by atoms with Gasteiger partial charge in [-0.1, -0.05) is 97.1 Å². The minimum absolute atomic E-state index is 1.06. The Bertz CT molecular complexity index is 2170. The van der Waals surface area contributed by atoms with E-state index in [1.807, 2.05) is 12.3 Å². The summed E-state index contributed by atoms with van der Waals surface area (Å²) in [4.78, 5) is 7.06. The second kappa shape index (κ2) is 10.3. The highest BCUT2D eigenvalue weighted by atomic mass is 32.1. The van der Waals surface area contributed by atoms with Gasteiger partial charge < -0.3 is 4.90 Å². The summed E-state index contributed by atoms with van der Waals surface area (Å²) in [6.45, 7) is 0. The molecular formula is C39H26N2S. The van der Waals surface area contributed by atoms with Gasteiger partial charge in [-0.2, -0.15) is 0 Å². The lowest BCUT2D eigenvalue weighted by Gasteiger charge is -2.26. The molecule has 42 heavy (non-hydrogen) atoms. The van der Waals surface area contributed by atoms with Crippen molar-refractivity contribution in [2.45, 2.75) is 0 Å². The fourth-order valence-electron chi connectivity index (χ4n) is 5.87. The molecule has 0 amide bonds. The Balaban J connectivity index is 1.25. The van der Waals surface area contributed by atoms with Crippen LogP contribution in [0, 0.1) is 0 Å². The van der Waals surface area contributed by atoms with E-state index in [9.17, 15) is 0 Å². The Morgan fingerprint density at radius 3 is 1.93 bits per heavy atom. The van der Waals surface area contributed by atoms with E-state index in [0.717, 1.165) is 22.6 Å². The maximum absolute atomic E-state index is 4.72. The van der Waals surface area contributed by atoms with E-state index in [4.69, 9.17) is 4.98 Å². The molecule has 2 aromatic heterocycles. The molecule has 0 fully saturated rings. The lowest BCUT2D eigenvalue weighted by atomic mass is 9.98. The average Bonchev–Trinajstić information content (AvgIpc) is 3.44. The Morgan fingerprint density at radius 2 is 1.12 bits per heavy atom. The summed E-state index contributed by atoms with van der Waals surface area (Å²) in [6.07, 6.45) is 1.88. The number of fused-ring (bicyclic) bond motifs is 4. The first-order valence-electron chi connectivity index (χ1n) is 14.1. The number of pyridine rings is 1. The van der Waals surface area contributed by atoms with Crippen molar-refractivity contribution in [3.63, 3.8) is 0 Å². The van der Waals surface area contributed by atoms with Gasteiger partial charge in [-0.25, -0.2) is 0 Å². The molecule has 0 aliphatic carbocycles. The van der Waals surface area contributed by atoms with E-state index < -0.39 is 0 Å². The molecule has 6 aromatic carbocycles. The van der Waals surface area contributed by atoms with Gasteiger partial charge in [0.15, 0.2) is 0 Å². The largest absolute Gasteiger partial charge is 0.310 e. The first kappa shape index (κ1) is 24.5. The van der Waals surface area contributed by atoms with Gasteiger partial charge in [0.25, 0.3) is 0 Å². The SMILES string of the molecule is c1ccc(-c2ccc(N(c3ccc(-c4cccc5ccccc45)cc3)c3ccc4sc5cccnc5c4c3)cc2)cc1. The van der Waals surface area contributed by atoms with E-state index in [0.29, 0.717) is 0 Å². The third-order valence-corrected chi connectivity index (χ3v) is 9.05. The average molecular weight is 555 g/mol. The monoisotopic (exact) mass is 554 g/mol. The molecule has 0 bridgehead atoms. The normalized spacial score (nSPS) is 11.3. The standard InChI is InChI=1S/C39H26N2S/c1-2-8-27(9-3-1)28-15-19-31(20-16-28)41(33-23-24-37-36(26-33)39-38(42-37)14-7-25-40-39)32-21-17-30(18-22-32)35-13-6-11-29-10-4-5-12-34(29)35/h1-26H. The van der Waals surface area contributed by atoms with Gasteiger partial charge in [-0.3, -0.25) is 4.98 Å². The Morgan fingerprint density at radius 1 is 0.452 bits per heavy atom. The van der Waals surface area contributed by atoms with Crippen molar-refractivity contribution in [1.29, 1.82) is 0 Å². The summed E-state index contributed by atoms with van der Waals surface area (Å²) in [6, 6.07) is 54.3. The quantitative estimate of drug-likeness (QED) is 0.210. The lowest BCUT2D eigenvalue weighted by Crippen LogP contribution is -2.09. The van der Waals surface area contributed by atoms with Gasteiger partial charge in [0, 0.05) is 33.3 Å². The van der Waals surface area contributed by atoms with Crippen LogP contribution in [0.5, 0.6) is 0 Å². The number of aromatic nitrogens is 1. The minimum atomic E-state index is 1.06. The molecule has 0 radical (unpaired) electrons. The van der Waals surface area contributed by atoms with Gasteiger partial charge in [-0.05, 0) is 87.6 Å². The molecule has 0 unspecified atom stereocenters. The molecule has 0 saturated heterocycles. The molecule has 8 aromatic rings. The van der Waals surface area contributed by atoms with Crippen molar-refractivity contribution in [3.05, 3.63) is 158 Å². The zero-order valence-corrected chi connectivity index (χ0v) is 23.6. The molecule has 0 aliphatic rings. The number of thiophene rings is 1. The van der Waals surface area contributed by atoms with E-state index in [1.54, 1.807) is 11.3 Å². The zero-order chi connectivity index (χ0) is 27.9. The van der Waals surface area contributed by atoms with Gasteiger partial charge in [0.2, 0.25) is 0 Å². The van der Waals surface area contributed by atoms with Crippen molar-refractivity contribution in [2.24, 2.45) is 0 Å². The van der Waals surface area contributed by atoms with Crippen molar-refractivity contribution in [1.82, 2.24) is 4.98 Å². The molecule has 0 saturated carbocycles. The topological polar surface area (TPSA) is 16.1 Å². The fraction of sp³-hybridized carbons (Fsp3) is 0. The number of benzene rings is 6. The van der Waals surface area contributed by atoms with Crippen molar-refractivity contribution in [2.75, 3.05) is 4.90 Å². The van der Waals surface area contributed by atoms with Crippen LogP contribution in [0.15, 0.2) is 158 Å². The van der Waals surface area contributed by atoms with Crippen LogP contribution < -0.4 is 4.90 Å². The Labute approximate surface area is 248 Å². The molecular weight excluding hydrogens is 529 g/mol. The molecule has 0 atom stereocenters. The van der Waals surface area contributed by atoms with Crippen LogP contribution in [0.4, 0.5) is 17.1 Å². The predicted molar refractivity (Wildman–Crippen MR) is 180 cm³/mol. The van der Waals surface area contributed by atoms with E-state index in [1.165, 1.54) is 47.8 Å². The smallest absolute Gasteiger partial charge is 0.0889 e. The van der Waals surface area contributed by atoms with Gasteiger partial charge >= 0.3 is 0 Å². The summed E-state index contributed by atoms with van der Waals surface area (Å²) in [5, 5.41) is 3.71. The molecule has 0 N–H and O–H groups in total. The number of anilines is 3. The van der Waals surface area contributed by atoms with E-state index in [2.05, 4.69) is 150 Å². The number of hydrogen-bond donors (Lipinski definition) is 0. The van der Waals surface area contributed by atoms with Gasteiger partial charge in [0.1, 0.15) is 0 Å². The molecule has 8 rings (SSSR count). The highest BCUT2D eigenvalue weighted by Gasteiger charge is 2.16. The summed E-state index contributed by atoms with van der Waals surface area (Å²) in [5.74, 6) is 0. The highest BCUT2D eigenvalue weighted by Crippen LogP contribution is 2.41. The summed E-state index contributed by atoms with van der Waals surface area (Å²) >= 11 is 1.79. The zero-order valence-electron chi connectivity index (χ0n) is 22.8. The highest BCUT2D eigenvalue weighted by molar-refractivity contribution is 7.25. The number of hydrogen-bond acceptors (Lipinski definition) is 3. The number of rotatable bonds is 5.